The number of hydrogen-bond donors (Lipinski definition) is 0. The Morgan fingerprint density at radius 3 is 2.20 bits per heavy atom. The van der Waals surface area contributed by atoms with Crippen molar-refractivity contribution in [2.24, 2.45) is 0 Å². The molecule has 0 rings (SSSR count). The number of rotatable bonds is 2. The van der Waals surface area contributed by atoms with Crippen molar-refractivity contribution in [1.82, 2.24) is 0 Å². The first-order valence-electron chi connectivity index (χ1n) is 2.44. The molecule has 0 saturated carbocycles. The molecular weight excluding hydrogens is 130 g/mol. The molecule has 54 valence electrons. The average molecular weight is 139 g/mol. The molecule has 0 aromatic carbocycles. The van der Waals surface area contributed by atoms with Crippen LogP contribution in [0.2, 0.25) is 0 Å². The predicted molar refractivity (Wildman–Crippen MR) is 37.8 cm³/mol. The normalized spacial score (nSPS) is 5.60. The largest absolute Gasteiger partial charge is 0.437 e. The first-order valence-corrected chi connectivity index (χ1v) is 2.44. The van der Waals surface area contributed by atoms with E-state index in [0.29, 0.717) is 12.0 Å². The van der Waals surface area contributed by atoms with Crippen molar-refractivity contribution in [1.29, 1.82) is 5.26 Å². The van der Waals surface area contributed by atoms with E-state index in [0.717, 1.165) is 6.26 Å². The zero-order valence-electron chi connectivity index (χ0n) is 5.83. The van der Waals surface area contributed by atoms with E-state index in [2.05, 4.69) is 17.9 Å². The van der Waals surface area contributed by atoms with Crippen molar-refractivity contribution < 1.29 is 9.53 Å². The summed E-state index contributed by atoms with van der Waals surface area (Å²) in [6.45, 7) is 8.39. The van der Waals surface area contributed by atoms with Crippen LogP contribution in [0.3, 0.4) is 0 Å². The SMILES string of the molecule is C=C(C)C#N.C=COC=O. The molecule has 0 unspecified atom stereocenters. The minimum absolute atomic E-state index is 0.312. The topological polar surface area (TPSA) is 50.1 Å². The van der Waals surface area contributed by atoms with Gasteiger partial charge >= 0.3 is 0 Å². The van der Waals surface area contributed by atoms with Crippen LogP contribution >= 0.6 is 0 Å². The number of allylic oxidation sites excluding steroid dienone is 1. The second kappa shape index (κ2) is 10.4. The number of nitriles is 1. The predicted octanol–water partition coefficient (Wildman–Crippen LogP) is 1.39. The van der Waals surface area contributed by atoms with Gasteiger partial charge in [0.15, 0.2) is 0 Å². The lowest BCUT2D eigenvalue weighted by Gasteiger charge is -1.71. The number of ether oxygens (including phenoxy) is 1. The molecule has 0 aliphatic rings. The van der Waals surface area contributed by atoms with E-state index in [1.165, 1.54) is 0 Å². The zero-order chi connectivity index (χ0) is 8.41. The van der Waals surface area contributed by atoms with Crippen LogP contribution in [0, 0.1) is 11.3 Å². The van der Waals surface area contributed by atoms with Gasteiger partial charge in [0, 0.05) is 5.57 Å². The Bertz CT molecular complexity index is 149. The maximum Gasteiger partial charge on any atom is 0.297 e. The van der Waals surface area contributed by atoms with E-state index in [9.17, 15) is 0 Å². The Hall–Kier alpha value is -1.56. The summed E-state index contributed by atoms with van der Waals surface area (Å²) < 4.78 is 3.92. The summed E-state index contributed by atoms with van der Waals surface area (Å²) in [5.74, 6) is 0. The second-order valence-electron chi connectivity index (χ2n) is 1.29. The zero-order valence-corrected chi connectivity index (χ0v) is 5.83. The van der Waals surface area contributed by atoms with Crippen LogP contribution in [0.5, 0.6) is 0 Å². The van der Waals surface area contributed by atoms with Gasteiger partial charge in [-0.1, -0.05) is 13.2 Å². The summed E-state index contributed by atoms with van der Waals surface area (Å²) in [5, 5.41) is 7.79. The van der Waals surface area contributed by atoms with Crippen molar-refractivity contribution >= 4 is 6.47 Å². The van der Waals surface area contributed by atoms with Crippen molar-refractivity contribution in [3.63, 3.8) is 0 Å². The summed E-state index contributed by atoms with van der Waals surface area (Å²) in [4.78, 5) is 9.11. The van der Waals surface area contributed by atoms with E-state index >= 15 is 0 Å². The highest BCUT2D eigenvalue weighted by atomic mass is 16.5. The summed E-state index contributed by atoms with van der Waals surface area (Å²) >= 11 is 0. The highest BCUT2D eigenvalue weighted by Gasteiger charge is 1.64. The molecule has 0 aromatic rings. The molecule has 10 heavy (non-hydrogen) atoms. The molecule has 0 heterocycles. The van der Waals surface area contributed by atoms with Crippen LogP contribution in [-0.2, 0) is 9.53 Å². The third kappa shape index (κ3) is 32.0. The number of nitrogens with zero attached hydrogens (tertiary/aromatic N) is 1. The molecule has 0 aliphatic heterocycles. The fourth-order valence-electron chi connectivity index (χ4n) is 0.0393. The molecule has 0 spiro atoms. The van der Waals surface area contributed by atoms with Gasteiger partial charge in [0.1, 0.15) is 0 Å². The minimum atomic E-state index is 0.312. The van der Waals surface area contributed by atoms with Gasteiger partial charge in [-0.25, -0.2) is 0 Å². The summed E-state index contributed by atoms with van der Waals surface area (Å²) in [5.41, 5.74) is 0.560. The number of carbonyl (C=O) groups is 1. The lowest BCUT2D eigenvalue weighted by molar-refractivity contribution is -0.123. The number of hydrogen-bond acceptors (Lipinski definition) is 3. The maximum atomic E-state index is 9.11. The molecule has 0 amide bonds. The first-order chi connectivity index (χ1) is 4.68. The van der Waals surface area contributed by atoms with Crippen LogP contribution in [0.15, 0.2) is 25.0 Å². The Balaban J connectivity index is 0. The van der Waals surface area contributed by atoms with Crippen molar-refractivity contribution in [2.75, 3.05) is 0 Å². The Morgan fingerprint density at radius 1 is 1.80 bits per heavy atom. The monoisotopic (exact) mass is 139 g/mol. The molecular formula is C7H9NO2. The molecule has 0 saturated heterocycles. The molecule has 0 bridgehead atoms. The van der Waals surface area contributed by atoms with Crippen molar-refractivity contribution in [2.45, 2.75) is 6.92 Å². The fraction of sp³-hybridized carbons (Fsp3) is 0.143. The Morgan fingerprint density at radius 2 is 2.20 bits per heavy atom. The molecule has 0 atom stereocenters. The van der Waals surface area contributed by atoms with Crippen molar-refractivity contribution in [3.8, 4) is 6.07 Å². The van der Waals surface area contributed by atoms with Crippen LogP contribution in [0.25, 0.3) is 0 Å². The van der Waals surface area contributed by atoms with E-state index < -0.39 is 0 Å². The van der Waals surface area contributed by atoms with Gasteiger partial charge in [-0.15, -0.1) is 0 Å². The van der Waals surface area contributed by atoms with Gasteiger partial charge in [-0.2, -0.15) is 5.26 Å². The van der Waals surface area contributed by atoms with Gasteiger partial charge in [-0.05, 0) is 6.92 Å². The van der Waals surface area contributed by atoms with E-state index in [1.807, 2.05) is 6.07 Å². The van der Waals surface area contributed by atoms with E-state index in [1.54, 1.807) is 6.92 Å². The van der Waals surface area contributed by atoms with E-state index in [-0.39, 0.29) is 0 Å². The van der Waals surface area contributed by atoms with Gasteiger partial charge in [0.05, 0.1) is 12.3 Å². The fourth-order valence-corrected chi connectivity index (χ4v) is 0.0393. The molecule has 0 fully saturated rings. The summed E-state index contributed by atoms with van der Waals surface area (Å²) in [7, 11) is 0. The van der Waals surface area contributed by atoms with E-state index in [4.69, 9.17) is 10.1 Å². The van der Waals surface area contributed by atoms with Gasteiger partial charge in [-0.3, -0.25) is 4.79 Å². The molecule has 0 aliphatic carbocycles. The van der Waals surface area contributed by atoms with Crippen LogP contribution in [-0.4, -0.2) is 6.47 Å². The molecule has 3 heteroatoms. The van der Waals surface area contributed by atoms with Gasteiger partial charge < -0.3 is 4.74 Å². The second-order valence-corrected chi connectivity index (χ2v) is 1.29. The summed E-state index contributed by atoms with van der Waals surface area (Å²) in [6.07, 6.45) is 1.06. The van der Waals surface area contributed by atoms with Gasteiger partial charge in [0.25, 0.3) is 6.47 Å². The van der Waals surface area contributed by atoms with Crippen LogP contribution in [0.4, 0.5) is 0 Å². The first kappa shape index (κ1) is 11.3. The lowest BCUT2D eigenvalue weighted by Crippen LogP contribution is -1.66. The third-order valence-corrected chi connectivity index (χ3v) is 0.343. The number of carbonyl (C=O) groups excluding carboxylic acids is 1. The minimum Gasteiger partial charge on any atom is -0.437 e. The Kier molecular flexibility index (Phi) is 11.7. The third-order valence-electron chi connectivity index (χ3n) is 0.343. The molecule has 0 N–H and O–H groups in total. The Labute approximate surface area is 60.2 Å². The van der Waals surface area contributed by atoms with Crippen LogP contribution < -0.4 is 0 Å². The highest BCUT2D eigenvalue weighted by molar-refractivity contribution is 5.37. The smallest absolute Gasteiger partial charge is 0.297 e. The quantitative estimate of drug-likeness (QED) is 0.330. The highest BCUT2D eigenvalue weighted by Crippen LogP contribution is 1.74. The van der Waals surface area contributed by atoms with Crippen molar-refractivity contribution in [3.05, 3.63) is 25.0 Å². The summed E-state index contributed by atoms with van der Waals surface area (Å²) in [6, 6.07) is 1.83. The lowest BCUT2D eigenvalue weighted by atomic mass is 10.4. The van der Waals surface area contributed by atoms with Gasteiger partial charge in [0.2, 0.25) is 0 Å². The average Bonchev–Trinajstić information content (AvgIpc) is 1.91. The molecule has 3 nitrogen and oxygen atoms in total. The standard InChI is InChI=1S/C4H5N.C3H4O2/c1-4(2)3-5;1-2-5-3-4/h1H2,2H3;2-3H,1H2. The molecule has 0 aromatic heterocycles. The molecule has 0 radical (unpaired) electrons. The van der Waals surface area contributed by atoms with Crippen LogP contribution in [0.1, 0.15) is 6.92 Å². The maximum absolute atomic E-state index is 9.11.